The van der Waals surface area contributed by atoms with Gasteiger partial charge in [0.25, 0.3) is 5.91 Å². The zero-order valence-electron chi connectivity index (χ0n) is 11.6. The van der Waals surface area contributed by atoms with Crippen molar-refractivity contribution in [3.8, 4) is 0 Å². The van der Waals surface area contributed by atoms with E-state index in [9.17, 15) is 4.79 Å². The monoisotopic (exact) mass is 315 g/mol. The van der Waals surface area contributed by atoms with Crippen molar-refractivity contribution < 1.29 is 4.79 Å². The minimum Gasteiger partial charge on any atom is -0.359 e. The summed E-state index contributed by atoms with van der Waals surface area (Å²) < 4.78 is 0. The molecule has 0 radical (unpaired) electrons. The second kappa shape index (κ2) is 4.54. The summed E-state index contributed by atoms with van der Waals surface area (Å²) in [5.41, 5.74) is 3.05. The first kappa shape index (κ1) is 12.8. The van der Waals surface area contributed by atoms with E-state index < -0.39 is 0 Å². The minimum absolute atomic E-state index is 0.0257. The first-order valence-corrected chi connectivity index (χ1v) is 8.34. The van der Waals surface area contributed by atoms with Gasteiger partial charge < -0.3 is 10.6 Å². The van der Waals surface area contributed by atoms with Crippen molar-refractivity contribution in [3.05, 3.63) is 44.6 Å². The Labute approximate surface area is 129 Å². The van der Waals surface area contributed by atoms with Gasteiger partial charge in [-0.2, -0.15) is 0 Å². The Balaban J connectivity index is 1.90. The lowest BCUT2D eigenvalue weighted by Gasteiger charge is -2.25. The lowest BCUT2D eigenvalue weighted by Crippen LogP contribution is -2.37. The average molecular weight is 315 g/mol. The molecule has 0 aliphatic carbocycles. The molecule has 4 rings (SSSR count). The third kappa shape index (κ3) is 1.94. The van der Waals surface area contributed by atoms with Gasteiger partial charge in [0.1, 0.15) is 15.9 Å². The van der Waals surface area contributed by atoms with E-state index in [1.165, 1.54) is 11.3 Å². The zero-order valence-corrected chi connectivity index (χ0v) is 13.2. The molecule has 0 spiro atoms. The molecule has 1 atom stereocenters. The SMILES string of the molecule is Cc1cc(C)c2c3c(sc2n1)C(=O)N[C@@H](c1cccs1)N3. The Bertz CT molecular complexity index is 852. The van der Waals surface area contributed by atoms with E-state index in [2.05, 4.69) is 28.6 Å². The fourth-order valence-electron chi connectivity index (χ4n) is 2.71. The largest absolute Gasteiger partial charge is 0.359 e. The van der Waals surface area contributed by atoms with Gasteiger partial charge in [-0.25, -0.2) is 4.98 Å². The maximum atomic E-state index is 12.4. The van der Waals surface area contributed by atoms with Crippen LogP contribution in [0.1, 0.15) is 32.0 Å². The third-order valence-electron chi connectivity index (χ3n) is 3.59. The van der Waals surface area contributed by atoms with Crippen LogP contribution in [0.4, 0.5) is 5.69 Å². The summed E-state index contributed by atoms with van der Waals surface area (Å²) in [5, 5.41) is 9.56. The number of aromatic nitrogens is 1. The maximum absolute atomic E-state index is 12.4. The maximum Gasteiger partial charge on any atom is 0.265 e. The molecule has 0 bridgehead atoms. The molecule has 2 N–H and O–H groups in total. The molecule has 1 aliphatic heterocycles. The Morgan fingerprint density at radius 3 is 2.90 bits per heavy atom. The molecule has 21 heavy (non-hydrogen) atoms. The molecule has 4 heterocycles. The highest BCUT2D eigenvalue weighted by molar-refractivity contribution is 7.21. The molecule has 3 aromatic heterocycles. The van der Waals surface area contributed by atoms with Gasteiger partial charge in [-0.3, -0.25) is 4.79 Å². The third-order valence-corrected chi connectivity index (χ3v) is 5.60. The summed E-state index contributed by atoms with van der Waals surface area (Å²) >= 11 is 3.08. The number of hydrogen-bond donors (Lipinski definition) is 2. The predicted octanol–water partition coefficient (Wildman–Crippen LogP) is 3.83. The summed E-state index contributed by atoms with van der Waals surface area (Å²) in [7, 11) is 0. The molecule has 0 fully saturated rings. The van der Waals surface area contributed by atoms with Gasteiger partial charge in [0, 0.05) is 16.0 Å². The molecule has 106 valence electrons. The number of nitrogens with one attached hydrogen (secondary N) is 2. The van der Waals surface area contributed by atoms with Gasteiger partial charge in [0.05, 0.1) is 5.69 Å². The predicted molar refractivity (Wildman–Crippen MR) is 87.2 cm³/mol. The number of aryl methyl sites for hydroxylation is 2. The normalized spacial score (nSPS) is 17.4. The smallest absolute Gasteiger partial charge is 0.265 e. The number of nitrogens with zero attached hydrogens (tertiary/aromatic N) is 1. The van der Waals surface area contributed by atoms with Crippen LogP contribution in [0.2, 0.25) is 0 Å². The first-order valence-electron chi connectivity index (χ1n) is 6.65. The van der Waals surface area contributed by atoms with Crippen molar-refractivity contribution in [2.45, 2.75) is 20.0 Å². The number of fused-ring (bicyclic) bond motifs is 3. The number of carbonyl (C=O) groups excluding carboxylic acids is 1. The number of thiophene rings is 2. The van der Waals surface area contributed by atoms with Crippen molar-refractivity contribution in [2.24, 2.45) is 0 Å². The van der Waals surface area contributed by atoms with E-state index in [1.54, 1.807) is 11.3 Å². The van der Waals surface area contributed by atoms with E-state index in [0.29, 0.717) is 0 Å². The molecular formula is C15H13N3OS2. The van der Waals surface area contributed by atoms with Crippen LogP contribution in [0.15, 0.2) is 23.6 Å². The molecular weight excluding hydrogens is 302 g/mol. The van der Waals surface area contributed by atoms with Crippen LogP contribution in [0.25, 0.3) is 10.2 Å². The highest BCUT2D eigenvalue weighted by atomic mass is 32.1. The number of amides is 1. The molecule has 3 aromatic rings. The highest BCUT2D eigenvalue weighted by Gasteiger charge is 2.30. The Kier molecular flexibility index (Phi) is 2.77. The Morgan fingerprint density at radius 1 is 1.29 bits per heavy atom. The highest BCUT2D eigenvalue weighted by Crippen LogP contribution is 2.41. The van der Waals surface area contributed by atoms with Crippen LogP contribution in [0.5, 0.6) is 0 Å². The zero-order chi connectivity index (χ0) is 14.6. The Hall–Kier alpha value is -1.92. The van der Waals surface area contributed by atoms with Crippen LogP contribution in [-0.2, 0) is 0 Å². The number of pyridine rings is 1. The quantitative estimate of drug-likeness (QED) is 0.717. The lowest BCUT2D eigenvalue weighted by molar-refractivity contribution is 0.0941. The molecule has 0 aromatic carbocycles. The molecule has 1 amide bonds. The van der Waals surface area contributed by atoms with E-state index in [4.69, 9.17) is 0 Å². The molecule has 6 heteroatoms. The van der Waals surface area contributed by atoms with E-state index in [1.807, 2.05) is 24.4 Å². The van der Waals surface area contributed by atoms with Crippen LogP contribution in [0.3, 0.4) is 0 Å². The van der Waals surface area contributed by atoms with Crippen LogP contribution in [0, 0.1) is 13.8 Å². The van der Waals surface area contributed by atoms with E-state index >= 15 is 0 Å². The van der Waals surface area contributed by atoms with Gasteiger partial charge in [0.15, 0.2) is 0 Å². The number of rotatable bonds is 1. The van der Waals surface area contributed by atoms with Crippen LogP contribution in [-0.4, -0.2) is 10.9 Å². The topological polar surface area (TPSA) is 54.0 Å². The van der Waals surface area contributed by atoms with Crippen LogP contribution >= 0.6 is 22.7 Å². The first-order chi connectivity index (χ1) is 10.1. The van der Waals surface area contributed by atoms with Gasteiger partial charge in [-0.1, -0.05) is 6.07 Å². The number of carbonyl (C=O) groups is 1. The van der Waals surface area contributed by atoms with Gasteiger partial charge in [-0.15, -0.1) is 22.7 Å². The molecule has 1 aliphatic rings. The summed E-state index contributed by atoms with van der Waals surface area (Å²) in [4.78, 5) is 19.7. The fourth-order valence-corrected chi connectivity index (χ4v) is 4.60. The molecule has 4 nitrogen and oxygen atoms in total. The molecule has 0 saturated heterocycles. The van der Waals surface area contributed by atoms with Crippen LogP contribution < -0.4 is 10.6 Å². The standard InChI is InChI=1S/C15H13N3OS2/c1-7-6-8(2)16-15-10(7)11-12(21-15)14(19)18-13(17-11)9-4-3-5-20-9/h3-6,13,17H,1-2H3,(H,18,19)/t13-/m0/s1. The van der Waals surface area contributed by atoms with Gasteiger partial charge >= 0.3 is 0 Å². The van der Waals surface area contributed by atoms with Crippen molar-refractivity contribution in [1.82, 2.24) is 10.3 Å². The van der Waals surface area contributed by atoms with E-state index in [0.717, 1.165) is 36.9 Å². The van der Waals surface area contributed by atoms with Crippen molar-refractivity contribution in [1.29, 1.82) is 0 Å². The minimum atomic E-state index is -0.163. The summed E-state index contributed by atoms with van der Waals surface area (Å²) in [6, 6.07) is 6.08. The van der Waals surface area contributed by atoms with E-state index in [-0.39, 0.29) is 12.1 Å². The second-order valence-corrected chi connectivity index (χ2v) is 7.11. The van der Waals surface area contributed by atoms with Crippen molar-refractivity contribution >= 4 is 44.5 Å². The average Bonchev–Trinajstić information content (AvgIpc) is 3.04. The Morgan fingerprint density at radius 2 is 2.14 bits per heavy atom. The molecule has 0 unspecified atom stereocenters. The lowest BCUT2D eigenvalue weighted by atomic mass is 10.1. The summed E-state index contributed by atoms with van der Waals surface area (Å²) in [5.74, 6) is -0.0257. The number of anilines is 1. The fraction of sp³-hybridized carbons (Fsp3) is 0.200. The van der Waals surface area contributed by atoms with Crippen molar-refractivity contribution in [2.75, 3.05) is 5.32 Å². The van der Waals surface area contributed by atoms with Gasteiger partial charge in [0.2, 0.25) is 0 Å². The van der Waals surface area contributed by atoms with Crippen molar-refractivity contribution in [3.63, 3.8) is 0 Å². The van der Waals surface area contributed by atoms with Gasteiger partial charge in [-0.05, 0) is 36.9 Å². The molecule has 0 saturated carbocycles. The summed E-state index contributed by atoms with van der Waals surface area (Å²) in [6.07, 6.45) is -0.163. The summed E-state index contributed by atoms with van der Waals surface area (Å²) in [6.45, 7) is 4.05. The second-order valence-electron chi connectivity index (χ2n) is 5.13. The number of hydrogen-bond acceptors (Lipinski definition) is 5.